The van der Waals surface area contributed by atoms with Crippen molar-refractivity contribution in [2.75, 3.05) is 0 Å². The molecular weight excluding hydrogens is 276 g/mol. The lowest BCUT2D eigenvalue weighted by atomic mass is 10.2. The zero-order valence-electron chi connectivity index (χ0n) is 12.8. The normalized spacial score (nSPS) is 13.9. The zero-order valence-corrected chi connectivity index (χ0v) is 12.8. The number of nitrogens with one attached hydrogen (secondary N) is 1. The van der Waals surface area contributed by atoms with E-state index in [0.29, 0.717) is 12.4 Å². The Hall–Kier alpha value is -2.40. The molecule has 22 heavy (non-hydrogen) atoms. The maximum Gasteiger partial charge on any atom is 0.208 e. The molecule has 0 radical (unpaired) electrons. The molecule has 5 heteroatoms. The number of hydrogen-bond donors (Lipinski definition) is 1. The van der Waals surface area contributed by atoms with Gasteiger partial charge < -0.3 is 9.73 Å². The summed E-state index contributed by atoms with van der Waals surface area (Å²) in [5.74, 6) is 1.49. The molecule has 0 spiro atoms. The molecule has 0 bridgehead atoms. The quantitative estimate of drug-likeness (QED) is 0.758. The first kappa shape index (κ1) is 14.5. The highest BCUT2D eigenvalue weighted by molar-refractivity contribution is 5.55. The van der Waals surface area contributed by atoms with Crippen LogP contribution in [0.1, 0.15) is 25.8 Å². The first-order chi connectivity index (χ1) is 10.7. The van der Waals surface area contributed by atoms with Gasteiger partial charge in [0, 0.05) is 24.0 Å². The van der Waals surface area contributed by atoms with Gasteiger partial charge in [0.25, 0.3) is 0 Å². The summed E-state index contributed by atoms with van der Waals surface area (Å²) in [6.07, 6.45) is 5.54. The Balaban J connectivity index is 1.59. The third-order valence-corrected chi connectivity index (χ3v) is 3.85. The van der Waals surface area contributed by atoms with Crippen LogP contribution in [-0.4, -0.2) is 20.8 Å². The van der Waals surface area contributed by atoms with Crippen molar-refractivity contribution in [3.05, 3.63) is 60.9 Å². The van der Waals surface area contributed by atoms with Gasteiger partial charge in [-0.2, -0.15) is 5.10 Å². The Morgan fingerprint density at radius 2 is 2.00 bits per heavy atom. The van der Waals surface area contributed by atoms with Gasteiger partial charge in [-0.3, -0.25) is 4.68 Å². The molecule has 3 aromatic rings. The second-order valence-electron chi connectivity index (χ2n) is 5.38. The summed E-state index contributed by atoms with van der Waals surface area (Å²) < 4.78 is 7.74. The molecule has 1 N–H and O–H groups in total. The van der Waals surface area contributed by atoms with Crippen molar-refractivity contribution in [3.8, 4) is 11.3 Å². The number of nitrogens with zero attached hydrogens (tertiary/aromatic N) is 3. The average molecular weight is 296 g/mol. The predicted molar refractivity (Wildman–Crippen MR) is 85.2 cm³/mol. The van der Waals surface area contributed by atoms with Gasteiger partial charge in [-0.15, -0.1) is 0 Å². The molecule has 2 heterocycles. The Morgan fingerprint density at radius 3 is 2.73 bits per heavy atom. The summed E-state index contributed by atoms with van der Waals surface area (Å²) in [4.78, 5) is 4.34. The van der Waals surface area contributed by atoms with E-state index in [4.69, 9.17) is 4.42 Å². The van der Waals surface area contributed by atoms with Gasteiger partial charge in [-0.25, -0.2) is 4.98 Å². The number of aromatic nitrogens is 3. The number of benzene rings is 1. The van der Waals surface area contributed by atoms with Crippen LogP contribution in [-0.2, 0) is 6.54 Å². The monoisotopic (exact) mass is 296 g/mol. The van der Waals surface area contributed by atoms with E-state index in [1.807, 2.05) is 47.3 Å². The average Bonchev–Trinajstić information content (AvgIpc) is 3.24. The Morgan fingerprint density at radius 1 is 1.18 bits per heavy atom. The van der Waals surface area contributed by atoms with Gasteiger partial charge in [-0.1, -0.05) is 30.3 Å². The molecule has 2 aromatic heterocycles. The Kier molecular flexibility index (Phi) is 4.34. The molecule has 0 unspecified atom stereocenters. The van der Waals surface area contributed by atoms with Crippen LogP contribution in [0.25, 0.3) is 11.3 Å². The lowest BCUT2D eigenvalue weighted by Gasteiger charge is -2.21. The molecule has 2 atom stereocenters. The largest absolute Gasteiger partial charge is 0.439 e. The SMILES string of the molecule is C[C@H](NCc1ncc(-c2ccccc2)o1)[C@H](C)n1cccn1. The van der Waals surface area contributed by atoms with Crippen molar-refractivity contribution in [3.63, 3.8) is 0 Å². The lowest BCUT2D eigenvalue weighted by Crippen LogP contribution is -2.33. The van der Waals surface area contributed by atoms with E-state index in [9.17, 15) is 0 Å². The van der Waals surface area contributed by atoms with Crippen molar-refractivity contribution in [1.82, 2.24) is 20.1 Å². The van der Waals surface area contributed by atoms with Crippen LogP contribution in [0, 0.1) is 0 Å². The van der Waals surface area contributed by atoms with Gasteiger partial charge in [0.2, 0.25) is 5.89 Å². The minimum atomic E-state index is 0.256. The summed E-state index contributed by atoms with van der Waals surface area (Å²) >= 11 is 0. The minimum absolute atomic E-state index is 0.256. The van der Waals surface area contributed by atoms with E-state index in [-0.39, 0.29) is 12.1 Å². The van der Waals surface area contributed by atoms with Crippen LogP contribution in [0.4, 0.5) is 0 Å². The smallest absolute Gasteiger partial charge is 0.208 e. The van der Waals surface area contributed by atoms with Crippen molar-refractivity contribution in [1.29, 1.82) is 0 Å². The fourth-order valence-corrected chi connectivity index (χ4v) is 2.30. The van der Waals surface area contributed by atoms with Crippen molar-refractivity contribution >= 4 is 0 Å². The zero-order chi connectivity index (χ0) is 15.4. The van der Waals surface area contributed by atoms with Crippen molar-refractivity contribution in [2.24, 2.45) is 0 Å². The molecule has 0 aliphatic rings. The van der Waals surface area contributed by atoms with E-state index in [1.165, 1.54) is 0 Å². The topological polar surface area (TPSA) is 55.9 Å². The summed E-state index contributed by atoms with van der Waals surface area (Å²) in [6.45, 7) is 4.86. The van der Waals surface area contributed by atoms with E-state index in [2.05, 4.69) is 29.2 Å². The highest BCUT2D eigenvalue weighted by Crippen LogP contribution is 2.19. The lowest BCUT2D eigenvalue weighted by molar-refractivity contribution is 0.349. The molecule has 114 valence electrons. The third kappa shape index (κ3) is 3.26. The van der Waals surface area contributed by atoms with E-state index >= 15 is 0 Å². The van der Waals surface area contributed by atoms with Crippen LogP contribution in [0.15, 0.2) is 59.4 Å². The van der Waals surface area contributed by atoms with Gasteiger partial charge in [0.1, 0.15) is 0 Å². The fraction of sp³-hybridized carbons (Fsp3) is 0.294. The molecule has 1 aromatic carbocycles. The van der Waals surface area contributed by atoms with Gasteiger partial charge in [0.05, 0.1) is 18.8 Å². The van der Waals surface area contributed by atoms with Gasteiger partial charge in [0.15, 0.2) is 5.76 Å². The van der Waals surface area contributed by atoms with Crippen LogP contribution >= 0.6 is 0 Å². The highest BCUT2D eigenvalue weighted by atomic mass is 16.4. The molecule has 3 rings (SSSR count). The first-order valence-electron chi connectivity index (χ1n) is 7.46. The number of oxazole rings is 1. The van der Waals surface area contributed by atoms with Crippen LogP contribution in [0.3, 0.4) is 0 Å². The minimum Gasteiger partial charge on any atom is -0.439 e. The third-order valence-electron chi connectivity index (χ3n) is 3.85. The standard InChI is InChI=1S/C17H20N4O/c1-13(14(2)21-10-6-9-20-21)18-12-17-19-11-16(22-17)15-7-4-3-5-8-15/h3-11,13-14,18H,12H2,1-2H3/t13-,14-/m0/s1. The van der Waals surface area contributed by atoms with E-state index < -0.39 is 0 Å². The highest BCUT2D eigenvalue weighted by Gasteiger charge is 2.15. The number of rotatable bonds is 6. The molecular formula is C17H20N4O. The number of hydrogen-bond acceptors (Lipinski definition) is 4. The second kappa shape index (κ2) is 6.58. The molecule has 0 saturated heterocycles. The molecule has 0 aliphatic carbocycles. The molecule has 0 aliphatic heterocycles. The fourth-order valence-electron chi connectivity index (χ4n) is 2.30. The predicted octanol–water partition coefficient (Wildman–Crippen LogP) is 3.28. The maximum atomic E-state index is 5.79. The maximum absolute atomic E-state index is 5.79. The molecule has 0 amide bonds. The van der Waals surface area contributed by atoms with Crippen LogP contribution < -0.4 is 5.32 Å². The van der Waals surface area contributed by atoms with Gasteiger partial charge >= 0.3 is 0 Å². The van der Waals surface area contributed by atoms with E-state index in [1.54, 1.807) is 12.4 Å². The van der Waals surface area contributed by atoms with Crippen molar-refractivity contribution < 1.29 is 4.42 Å². The van der Waals surface area contributed by atoms with Crippen LogP contribution in [0.5, 0.6) is 0 Å². The van der Waals surface area contributed by atoms with Gasteiger partial charge in [-0.05, 0) is 19.9 Å². The molecule has 5 nitrogen and oxygen atoms in total. The summed E-state index contributed by atoms with van der Waals surface area (Å²) in [5, 5.41) is 7.71. The van der Waals surface area contributed by atoms with Crippen LogP contribution in [0.2, 0.25) is 0 Å². The Labute approximate surface area is 130 Å². The molecule has 0 fully saturated rings. The first-order valence-corrected chi connectivity index (χ1v) is 7.46. The molecule has 0 saturated carbocycles. The second-order valence-corrected chi connectivity index (χ2v) is 5.38. The van der Waals surface area contributed by atoms with Crippen molar-refractivity contribution in [2.45, 2.75) is 32.5 Å². The Bertz CT molecular complexity index is 691. The summed E-state index contributed by atoms with van der Waals surface area (Å²) in [5.41, 5.74) is 1.04. The summed E-state index contributed by atoms with van der Waals surface area (Å²) in [6, 6.07) is 12.4. The summed E-state index contributed by atoms with van der Waals surface area (Å²) in [7, 11) is 0. The van der Waals surface area contributed by atoms with E-state index in [0.717, 1.165) is 11.3 Å².